The van der Waals surface area contributed by atoms with Crippen molar-refractivity contribution in [2.24, 2.45) is 5.73 Å². The van der Waals surface area contributed by atoms with E-state index in [1.807, 2.05) is 0 Å². The van der Waals surface area contributed by atoms with Crippen LogP contribution in [0.3, 0.4) is 0 Å². The van der Waals surface area contributed by atoms with Crippen LogP contribution in [0.25, 0.3) is 0 Å². The Balaban J connectivity index is 2.84. The average Bonchev–Trinajstić information content (AvgIpc) is 2.36. The third-order valence-electron chi connectivity index (χ3n) is 3.03. The minimum atomic E-state index is 0.168. The van der Waals surface area contributed by atoms with E-state index in [4.69, 9.17) is 16.9 Å². The molecule has 0 saturated heterocycles. The molecule has 19 heavy (non-hydrogen) atoms. The highest BCUT2D eigenvalue weighted by molar-refractivity contribution is 9.10. The summed E-state index contributed by atoms with van der Waals surface area (Å²) in [6.45, 7) is 4.81. The Morgan fingerprint density at radius 3 is 2.84 bits per heavy atom. The lowest BCUT2D eigenvalue weighted by molar-refractivity contribution is 0.307. The normalized spacial score (nSPS) is 11.9. The molecular weight excluding hydrogens is 302 g/mol. The number of rotatable bonds is 7. The molecule has 2 N–H and O–H groups in total. The van der Waals surface area contributed by atoms with E-state index in [1.165, 1.54) is 5.56 Å². The summed E-state index contributed by atoms with van der Waals surface area (Å²) < 4.78 is 6.97. The summed E-state index contributed by atoms with van der Waals surface area (Å²) in [6.07, 6.45) is 8.67. The number of halogens is 1. The van der Waals surface area contributed by atoms with Gasteiger partial charge in [-0.2, -0.15) is 0 Å². The molecule has 0 aliphatic rings. The van der Waals surface area contributed by atoms with Gasteiger partial charge in [-0.3, -0.25) is 0 Å². The van der Waals surface area contributed by atoms with Crippen molar-refractivity contribution in [1.29, 1.82) is 0 Å². The molecule has 1 aromatic carbocycles. The lowest BCUT2D eigenvalue weighted by Gasteiger charge is -2.17. The predicted octanol–water partition coefficient (Wildman–Crippen LogP) is 3.83. The van der Waals surface area contributed by atoms with Gasteiger partial charge in [0.1, 0.15) is 5.75 Å². The molecule has 0 aliphatic heterocycles. The fraction of sp³-hybridized carbons (Fsp3) is 0.500. The predicted molar refractivity (Wildman–Crippen MR) is 84.4 cm³/mol. The first-order valence-electron chi connectivity index (χ1n) is 6.69. The summed E-state index contributed by atoms with van der Waals surface area (Å²) in [5.41, 5.74) is 8.35. The fourth-order valence-electron chi connectivity index (χ4n) is 1.93. The standard InChI is InChI=1S/C16H22BrNO/c1-4-6-7-8-19-16-12(3)9-14(17)10-13(16)11-15(18)5-2/h1,9-10,15H,5-8,11,18H2,2-3H3. The first-order chi connectivity index (χ1) is 9.08. The highest BCUT2D eigenvalue weighted by atomic mass is 79.9. The van der Waals surface area contributed by atoms with Crippen LogP contribution in [0.2, 0.25) is 0 Å². The number of benzene rings is 1. The minimum absolute atomic E-state index is 0.168. The maximum atomic E-state index is 6.05. The van der Waals surface area contributed by atoms with E-state index in [-0.39, 0.29) is 6.04 Å². The summed E-state index contributed by atoms with van der Waals surface area (Å²) in [7, 11) is 0. The molecule has 0 bridgehead atoms. The third-order valence-corrected chi connectivity index (χ3v) is 3.49. The van der Waals surface area contributed by atoms with Crippen molar-refractivity contribution in [2.75, 3.05) is 6.61 Å². The largest absolute Gasteiger partial charge is 0.493 e. The third kappa shape index (κ3) is 5.26. The van der Waals surface area contributed by atoms with Crippen molar-refractivity contribution in [3.05, 3.63) is 27.7 Å². The summed E-state index contributed by atoms with van der Waals surface area (Å²) in [5, 5.41) is 0. The van der Waals surface area contributed by atoms with Crippen LogP contribution in [0.4, 0.5) is 0 Å². The molecule has 1 aromatic rings. The van der Waals surface area contributed by atoms with Crippen LogP contribution in [0, 0.1) is 19.3 Å². The quantitative estimate of drug-likeness (QED) is 0.611. The average molecular weight is 324 g/mol. The first-order valence-corrected chi connectivity index (χ1v) is 7.48. The first kappa shape index (κ1) is 16.1. The molecular formula is C16H22BrNO. The van der Waals surface area contributed by atoms with E-state index in [0.29, 0.717) is 6.61 Å². The topological polar surface area (TPSA) is 35.2 Å². The van der Waals surface area contributed by atoms with Gasteiger partial charge in [-0.15, -0.1) is 12.3 Å². The van der Waals surface area contributed by atoms with Crippen molar-refractivity contribution in [3.63, 3.8) is 0 Å². The monoisotopic (exact) mass is 323 g/mol. The van der Waals surface area contributed by atoms with E-state index in [0.717, 1.165) is 41.5 Å². The van der Waals surface area contributed by atoms with Crippen molar-refractivity contribution >= 4 is 15.9 Å². The summed E-state index contributed by atoms with van der Waals surface area (Å²) in [5.74, 6) is 3.59. The Hall–Kier alpha value is -0.980. The number of ether oxygens (including phenoxy) is 1. The highest BCUT2D eigenvalue weighted by Gasteiger charge is 2.12. The zero-order valence-corrected chi connectivity index (χ0v) is 13.3. The van der Waals surface area contributed by atoms with Crippen molar-refractivity contribution in [3.8, 4) is 18.1 Å². The van der Waals surface area contributed by atoms with Gasteiger partial charge in [0.05, 0.1) is 6.61 Å². The Bertz CT molecular complexity index is 451. The van der Waals surface area contributed by atoms with Crippen LogP contribution in [-0.2, 0) is 6.42 Å². The number of nitrogens with two attached hydrogens (primary N) is 1. The molecule has 0 heterocycles. The van der Waals surface area contributed by atoms with Gasteiger partial charge in [-0.05, 0) is 49.4 Å². The minimum Gasteiger partial charge on any atom is -0.493 e. The molecule has 1 atom stereocenters. The number of hydrogen-bond donors (Lipinski definition) is 1. The zero-order chi connectivity index (χ0) is 14.3. The van der Waals surface area contributed by atoms with Gasteiger partial charge in [0, 0.05) is 16.9 Å². The van der Waals surface area contributed by atoms with E-state index in [9.17, 15) is 0 Å². The molecule has 0 aromatic heterocycles. The summed E-state index contributed by atoms with van der Waals surface area (Å²) in [4.78, 5) is 0. The van der Waals surface area contributed by atoms with Gasteiger partial charge in [0.25, 0.3) is 0 Å². The van der Waals surface area contributed by atoms with E-state index in [1.54, 1.807) is 0 Å². The lowest BCUT2D eigenvalue weighted by atomic mass is 10.0. The lowest BCUT2D eigenvalue weighted by Crippen LogP contribution is -2.22. The van der Waals surface area contributed by atoms with Crippen molar-refractivity contribution in [1.82, 2.24) is 0 Å². The smallest absolute Gasteiger partial charge is 0.125 e. The molecule has 0 saturated carbocycles. The number of terminal acetylenes is 1. The van der Waals surface area contributed by atoms with Crippen LogP contribution >= 0.6 is 15.9 Å². The van der Waals surface area contributed by atoms with Gasteiger partial charge in [-0.25, -0.2) is 0 Å². The van der Waals surface area contributed by atoms with E-state index in [2.05, 4.69) is 47.8 Å². The number of unbranched alkanes of at least 4 members (excludes halogenated alkanes) is 1. The van der Waals surface area contributed by atoms with Crippen LogP contribution < -0.4 is 10.5 Å². The Morgan fingerprint density at radius 1 is 1.47 bits per heavy atom. The van der Waals surface area contributed by atoms with Crippen molar-refractivity contribution < 1.29 is 4.74 Å². The second-order valence-corrected chi connectivity index (χ2v) is 5.66. The molecule has 1 unspecified atom stereocenters. The molecule has 0 amide bonds. The molecule has 0 fully saturated rings. The number of hydrogen-bond acceptors (Lipinski definition) is 2. The van der Waals surface area contributed by atoms with Gasteiger partial charge in [0.2, 0.25) is 0 Å². The molecule has 2 nitrogen and oxygen atoms in total. The SMILES string of the molecule is C#CCCCOc1c(C)cc(Br)cc1CC(N)CC. The van der Waals surface area contributed by atoms with E-state index >= 15 is 0 Å². The second-order valence-electron chi connectivity index (χ2n) is 4.74. The van der Waals surface area contributed by atoms with Gasteiger partial charge in [-0.1, -0.05) is 22.9 Å². The van der Waals surface area contributed by atoms with Crippen LogP contribution in [0.15, 0.2) is 16.6 Å². The summed E-state index contributed by atoms with van der Waals surface area (Å²) in [6, 6.07) is 4.33. The molecule has 104 valence electrons. The molecule has 3 heteroatoms. The van der Waals surface area contributed by atoms with Gasteiger partial charge in [0.15, 0.2) is 0 Å². The Labute approximate surface area is 124 Å². The maximum absolute atomic E-state index is 6.05. The van der Waals surface area contributed by atoms with Gasteiger partial charge >= 0.3 is 0 Å². The fourth-order valence-corrected chi connectivity index (χ4v) is 2.55. The van der Waals surface area contributed by atoms with Crippen LogP contribution in [0.1, 0.15) is 37.3 Å². The zero-order valence-electron chi connectivity index (χ0n) is 11.7. The highest BCUT2D eigenvalue weighted by Crippen LogP contribution is 2.29. The number of aryl methyl sites for hydroxylation is 1. The maximum Gasteiger partial charge on any atom is 0.125 e. The molecule has 0 radical (unpaired) electrons. The molecule has 0 aliphatic carbocycles. The molecule has 1 rings (SSSR count). The van der Waals surface area contributed by atoms with Crippen LogP contribution in [-0.4, -0.2) is 12.6 Å². The second kappa shape index (κ2) is 8.24. The van der Waals surface area contributed by atoms with Gasteiger partial charge < -0.3 is 10.5 Å². The summed E-state index contributed by atoms with van der Waals surface area (Å²) >= 11 is 3.53. The van der Waals surface area contributed by atoms with Crippen LogP contribution in [0.5, 0.6) is 5.75 Å². The Morgan fingerprint density at radius 2 is 2.21 bits per heavy atom. The molecule has 0 spiro atoms. The Kier molecular flexibility index (Phi) is 6.97. The van der Waals surface area contributed by atoms with E-state index < -0.39 is 0 Å². The van der Waals surface area contributed by atoms with Crippen molar-refractivity contribution in [2.45, 2.75) is 45.6 Å².